The van der Waals surface area contributed by atoms with Gasteiger partial charge in [-0.25, -0.2) is 4.79 Å². The third-order valence-electron chi connectivity index (χ3n) is 3.30. The first-order chi connectivity index (χ1) is 9.56. The molecule has 110 valence electrons. The minimum absolute atomic E-state index is 0.130. The van der Waals surface area contributed by atoms with Crippen LogP contribution in [0.5, 0.6) is 0 Å². The molecule has 0 saturated carbocycles. The average molecular weight is 282 g/mol. The molecule has 8 heteroatoms. The number of ether oxygens (including phenoxy) is 1. The second-order valence-electron chi connectivity index (χ2n) is 4.65. The molecule has 1 aromatic heterocycles. The molecule has 1 aromatic rings. The number of hydrogen-bond donors (Lipinski definition) is 2. The number of oxime groups is 1. The Labute approximate surface area is 115 Å². The molecule has 0 amide bonds. The van der Waals surface area contributed by atoms with E-state index in [1.54, 1.807) is 19.3 Å². The quantitative estimate of drug-likeness (QED) is 0.577. The zero-order chi connectivity index (χ0) is 14.7. The number of aliphatic hydroxyl groups excluding tert-OH is 1. The van der Waals surface area contributed by atoms with Crippen LogP contribution in [0, 0.1) is 12.8 Å². The zero-order valence-electron chi connectivity index (χ0n) is 11.4. The van der Waals surface area contributed by atoms with Crippen molar-refractivity contribution in [3.63, 3.8) is 0 Å². The van der Waals surface area contributed by atoms with Crippen LogP contribution in [0.25, 0.3) is 0 Å². The van der Waals surface area contributed by atoms with E-state index in [-0.39, 0.29) is 18.3 Å². The van der Waals surface area contributed by atoms with Gasteiger partial charge in [0.1, 0.15) is 19.2 Å². The van der Waals surface area contributed by atoms with Gasteiger partial charge in [-0.15, -0.1) is 0 Å². The summed E-state index contributed by atoms with van der Waals surface area (Å²) in [7, 11) is 1.44. The first-order valence-corrected chi connectivity index (χ1v) is 6.25. The molecule has 1 fully saturated rings. The van der Waals surface area contributed by atoms with Crippen LogP contribution in [0.1, 0.15) is 18.2 Å². The number of rotatable bonds is 4. The van der Waals surface area contributed by atoms with Crippen LogP contribution in [0.2, 0.25) is 0 Å². The number of nitrogens with two attached hydrogens (primary N) is 1. The van der Waals surface area contributed by atoms with E-state index in [0.29, 0.717) is 12.0 Å². The molecule has 20 heavy (non-hydrogen) atoms. The standard InChI is InChI=1S/C12H18N4O4/c1-7-5-16(12(18)15-11(7)13)10-3-8(4-14-19-2)9(6-17)20-10/h4-5,8-10,17H,3,6H2,1-2H3,(H2,13,15,18)/b14-4+/t8-,9-,10-/m1/s1. The summed E-state index contributed by atoms with van der Waals surface area (Å²) < 4.78 is 7.05. The van der Waals surface area contributed by atoms with Gasteiger partial charge in [0.05, 0.1) is 12.7 Å². The van der Waals surface area contributed by atoms with Crippen LogP contribution in [0.4, 0.5) is 5.82 Å². The summed E-state index contributed by atoms with van der Waals surface area (Å²) >= 11 is 0. The van der Waals surface area contributed by atoms with Crippen molar-refractivity contribution in [2.45, 2.75) is 25.7 Å². The van der Waals surface area contributed by atoms with Crippen molar-refractivity contribution in [3.05, 3.63) is 22.2 Å². The SMILES string of the molecule is CO/N=C/[C@H]1C[C@H](n2cc(C)c(N)nc2=O)O[C@@H]1CO. The third kappa shape index (κ3) is 2.81. The molecule has 0 spiro atoms. The number of nitrogen functional groups attached to an aromatic ring is 1. The van der Waals surface area contributed by atoms with Gasteiger partial charge in [-0.2, -0.15) is 4.98 Å². The van der Waals surface area contributed by atoms with Gasteiger partial charge in [-0.05, 0) is 6.92 Å². The highest BCUT2D eigenvalue weighted by molar-refractivity contribution is 5.61. The van der Waals surface area contributed by atoms with E-state index in [1.807, 2.05) is 0 Å². The molecule has 1 aliphatic heterocycles. The Hall–Kier alpha value is -1.93. The largest absolute Gasteiger partial charge is 0.399 e. The smallest absolute Gasteiger partial charge is 0.351 e. The molecular formula is C12H18N4O4. The van der Waals surface area contributed by atoms with Crippen molar-refractivity contribution >= 4 is 12.0 Å². The van der Waals surface area contributed by atoms with Crippen molar-refractivity contribution in [1.29, 1.82) is 0 Å². The van der Waals surface area contributed by atoms with E-state index in [2.05, 4.69) is 15.0 Å². The molecule has 2 rings (SSSR count). The molecule has 0 aliphatic carbocycles. The fraction of sp³-hybridized carbons (Fsp3) is 0.583. The molecule has 2 heterocycles. The Morgan fingerprint density at radius 2 is 2.50 bits per heavy atom. The van der Waals surface area contributed by atoms with Gasteiger partial charge in [0.2, 0.25) is 0 Å². The number of aliphatic hydroxyl groups is 1. The van der Waals surface area contributed by atoms with Crippen molar-refractivity contribution in [1.82, 2.24) is 9.55 Å². The van der Waals surface area contributed by atoms with Gasteiger partial charge < -0.3 is 20.4 Å². The van der Waals surface area contributed by atoms with Crippen LogP contribution in [0.3, 0.4) is 0 Å². The fourth-order valence-corrected chi connectivity index (χ4v) is 2.18. The van der Waals surface area contributed by atoms with Gasteiger partial charge in [0.25, 0.3) is 0 Å². The summed E-state index contributed by atoms with van der Waals surface area (Å²) in [5, 5.41) is 13.0. The number of aryl methyl sites for hydroxylation is 1. The Balaban J connectivity index is 2.25. The predicted molar refractivity (Wildman–Crippen MR) is 72.3 cm³/mol. The molecule has 0 radical (unpaired) electrons. The van der Waals surface area contributed by atoms with Crippen LogP contribution < -0.4 is 11.4 Å². The van der Waals surface area contributed by atoms with Gasteiger partial charge >= 0.3 is 5.69 Å². The topological polar surface area (TPSA) is 112 Å². The molecule has 3 N–H and O–H groups in total. The maximum Gasteiger partial charge on any atom is 0.351 e. The maximum atomic E-state index is 11.9. The number of nitrogens with zero attached hydrogens (tertiary/aromatic N) is 3. The maximum absolute atomic E-state index is 11.9. The lowest BCUT2D eigenvalue weighted by Crippen LogP contribution is -2.28. The van der Waals surface area contributed by atoms with Crippen molar-refractivity contribution in [2.24, 2.45) is 11.1 Å². The van der Waals surface area contributed by atoms with Gasteiger partial charge in [0.15, 0.2) is 0 Å². The Kier molecular flexibility index (Phi) is 4.35. The van der Waals surface area contributed by atoms with Crippen molar-refractivity contribution in [3.8, 4) is 0 Å². The molecule has 3 atom stereocenters. The highest BCUT2D eigenvalue weighted by Gasteiger charge is 2.35. The summed E-state index contributed by atoms with van der Waals surface area (Å²) in [5.41, 5.74) is 5.82. The summed E-state index contributed by atoms with van der Waals surface area (Å²) in [4.78, 5) is 20.2. The minimum atomic E-state index is -0.500. The fourth-order valence-electron chi connectivity index (χ4n) is 2.18. The molecule has 1 saturated heterocycles. The zero-order valence-corrected chi connectivity index (χ0v) is 11.4. The van der Waals surface area contributed by atoms with E-state index in [1.165, 1.54) is 11.7 Å². The molecule has 0 bridgehead atoms. The molecular weight excluding hydrogens is 264 g/mol. The Bertz CT molecular complexity index is 557. The summed E-state index contributed by atoms with van der Waals surface area (Å²) in [6.07, 6.45) is 2.76. The van der Waals surface area contributed by atoms with Crippen LogP contribution >= 0.6 is 0 Å². The number of aromatic nitrogens is 2. The highest BCUT2D eigenvalue weighted by atomic mass is 16.6. The van der Waals surface area contributed by atoms with E-state index in [0.717, 1.165) is 0 Å². The lowest BCUT2D eigenvalue weighted by atomic mass is 10.0. The lowest BCUT2D eigenvalue weighted by molar-refractivity contribution is -0.0282. The Morgan fingerprint density at radius 3 is 3.15 bits per heavy atom. The third-order valence-corrected chi connectivity index (χ3v) is 3.30. The molecule has 1 aliphatic rings. The second kappa shape index (κ2) is 6.02. The van der Waals surface area contributed by atoms with Gasteiger partial charge in [-0.3, -0.25) is 4.57 Å². The van der Waals surface area contributed by atoms with E-state index < -0.39 is 18.0 Å². The van der Waals surface area contributed by atoms with E-state index in [4.69, 9.17) is 10.5 Å². The summed E-state index contributed by atoms with van der Waals surface area (Å²) in [5.74, 6) is 0.0789. The normalized spacial score (nSPS) is 26.2. The highest BCUT2D eigenvalue weighted by Crippen LogP contribution is 2.31. The first kappa shape index (κ1) is 14.5. The van der Waals surface area contributed by atoms with Crippen LogP contribution in [-0.4, -0.2) is 40.7 Å². The lowest BCUT2D eigenvalue weighted by Gasteiger charge is -2.15. The summed E-state index contributed by atoms with van der Waals surface area (Å²) in [6.45, 7) is 1.60. The van der Waals surface area contributed by atoms with Gasteiger partial charge in [0, 0.05) is 30.3 Å². The van der Waals surface area contributed by atoms with Crippen molar-refractivity contribution in [2.75, 3.05) is 19.5 Å². The predicted octanol–water partition coefficient (Wildman–Crippen LogP) is -0.338. The number of hydrogen-bond acceptors (Lipinski definition) is 7. The van der Waals surface area contributed by atoms with Crippen molar-refractivity contribution < 1.29 is 14.7 Å². The van der Waals surface area contributed by atoms with Crippen LogP contribution in [0.15, 0.2) is 16.1 Å². The van der Waals surface area contributed by atoms with E-state index in [9.17, 15) is 9.90 Å². The van der Waals surface area contributed by atoms with E-state index >= 15 is 0 Å². The second-order valence-corrected chi connectivity index (χ2v) is 4.65. The molecule has 8 nitrogen and oxygen atoms in total. The summed E-state index contributed by atoms with van der Waals surface area (Å²) in [6, 6.07) is 0. The van der Waals surface area contributed by atoms with Crippen LogP contribution in [-0.2, 0) is 9.57 Å². The molecule has 0 aromatic carbocycles. The monoisotopic (exact) mass is 282 g/mol. The average Bonchev–Trinajstić information content (AvgIpc) is 2.83. The Morgan fingerprint density at radius 1 is 1.75 bits per heavy atom. The molecule has 0 unspecified atom stereocenters. The minimum Gasteiger partial charge on any atom is -0.399 e. The first-order valence-electron chi connectivity index (χ1n) is 6.25. The number of anilines is 1. The van der Waals surface area contributed by atoms with Gasteiger partial charge in [-0.1, -0.05) is 5.16 Å².